The SMILES string of the molecule is COc1cc(Br)c(C)c(C(=O)C(=O)O)c1O. The molecule has 0 aliphatic rings. The van der Waals surface area contributed by atoms with Crippen molar-refractivity contribution in [3.8, 4) is 11.5 Å². The minimum absolute atomic E-state index is 0.0436. The molecular weight excluding hydrogens is 280 g/mol. The summed E-state index contributed by atoms with van der Waals surface area (Å²) in [4.78, 5) is 22.0. The summed E-state index contributed by atoms with van der Waals surface area (Å²) in [7, 11) is 1.31. The largest absolute Gasteiger partial charge is 0.504 e. The van der Waals surface area contributed by atoms with Gasteiger partial charge >= 0.3 is 5.97 Å². The Labute approximate surface area is 99.8 Å². The summed E-state index contributed by atoms with van der Waals surface area (Å²) in [6.45, 7) is 1.53. The lowest BCUT2D eigenvalue weighted by atomic mass is 10.0. The summed E-state index contributed by atoms with van der Waals surface area (Å²) in [6.07, 6.45) is 0. The van der Waals surface area contributed by atoms with Crippen LogP contribution in [0.15, 0.2) is 10.5 Å². The van der Waals surface area contributed by atoms with Crippen molar-refractivity contribution in [1.82, 2.24) is 0 Å². The summed E-state index contributed by atoms with van der Waals surface area (Å²) in [5.74, 6) is -3.22. The van der Waals surface area contributed by atoms with Gasteiger partial charge in [-0.15, -0.1) is 0 Å². The highest BCUT2D eigenvalue weighted by Crippen LogP contribution is 2.37. The van der Waals surface area contributed by atoms with Crippen LogP contribution in [0.2, 0.25) is 0 Å². The smallest absolute Gasteiger partial charge is 0.377 e. The van der Waals surface area contributed by atoms with Gasteiger partial charge in [-0.1, -0.05) is 15.9 Å². The summed E-state index contributed by atoms with van der Waals surface area (Å²) < 4.78 is 5.32. The van der Waals surface area contributed by atoms with E-state index < -0.39 is 17.5 Å². The van der Waals surface area contributed by atoms with Gasteiger partial charge in [-0.2, -0.15) is 0 Å². The molecule has 0 aromatic heterocycles. The lowest BCUT2D eigenvalue weighted by Crippen LogP contribution is -2.15. The first-order chi connectivity index (χ1) is 7.40. The number of phenols is 1. The van der Waals surface area contributed by atoms with Crippen molar-refractivity contribution >= 4 is 27.7 Å². The predicted octanol–water partition coefficient (Wildman–Crippen LogP) is 1.74. The molecule has 1 rings (SSSR count). The van der Waals surface area contributed by atoms with E-state index in [1.54, 1.807) is 0 Å². The number of Topliss-reactive ketones (excluding diaryl/α,β-unsaturated/α-hetero) is 1. The zero-order valence-electron chi connectivity index (χ0n) is 8.57. The quantitative estimate of drug-likeness (QED) is 0.654. The Morgan fingerprint density at radius 1 is 1.44 bits per heavy atom. The van der Waals surface area contributed by atoms with Crippen molar-refractivity contribution in [2.75, 3.05) is 7.11 Å². The van der Waals surface area contributed by atoms with Crippen molar-refractivity contribution in [3.63, 3.8) is 0 Å². The number of rotatable bonds is 3. The number of ketones is 1. The molecule has 5 nitrogen and oxygen atoms in total. The van der Waals surface area contributed by atoms with Gasteiger partial charge in [-0.25, -0.2) is 4.79 Å². The zero-order valence-corrected chi connectivity index (χ0v) is 10.2. The van der Waals surface area contributed by atoms with Crippen LogP contribution in [0.4, 0.5) is 0 Å². The topological polar surface area (TPSA) is 83.8 Å². The molecule has 0 saturated carbocycles. The standard InChI is InChI=1S/C10H9BrO5/c1-4-5(11)3-6(16-2)8(12)7(4)9(13)10(14)15/h3,12H,1-2H3,(H,14,15). The number of carboxylic acids is 1. The molecule has 0 amide bonds. The fourth-order valence-corrected chi connectivity index (χ4v) is 1.66. The second-order valence-corrected chi connectivity index (χ2v) is 3.90. The predicted molar refractivity (Wildman–Crippen MR) is 59.1 cm³/mol. The van der Waals surface area contributed by atoms with Crippen LogP contribution < -0.4 is 4.74 Å². The van der Waals surface area contributed by atoms with Crippen LogP contribution in [-0.4, -0.2) is 29.1 Å². The lowest BCUT2D eigenvalue weighted by Gasteiger charge is -2.11. The van der Waals surface area contributed by atoms with Crippen LogP contribution in [0.1, 0.15) is 15.9 Å². The molecular formula is C10H9BrO5. The van der Waals surface area contributed by atoms with E-state index in [0.29, 0.717) is 10.0 Å². The average molecular weight is 289 g/mol. The van der Waals surface area contributed by atoms with Crippen molar-refractivity contribution in [3.05, 3.63) is 21.7 Å². The third-order valence-electron chi connectivity index (χ3n) is 2.10. The van der Waals surface area contributed by atoms with Gasteiger partial charge in [0.25, 0.3) is 5.78 Å². The summed E-state index contributed by atoms with van der Waals surface area (Å²) in [5, 5.41) is 18.3. The fraction of sp³-hybridized carbons (Fsp3) is 0.200. The van der Waals surface area contributed by atoms with Crippen molar-refractivity contribution in [1.29, 1.82) is 0 Å². The molecule has 0 atom stereocenters. The van der Waals surface area contributed by atoms with E-state index in [9.17, 15) is 14.7 Å². The maximum atomic E-state index is 11.4. The van der Waals surface area contributed by atoms with E-state index in [1.807, 2.05) is 0 Å². The summed E-state index contributed by atoms with van der Waals surface area (Å²) >= 11 is 3.15. The molecule has 6 heteroatoms. The van der Waals surface area contributed by atoms with Gasteiger partial charge < -0.3 is 14.9 Å². The lowest BCUT2D eigenvalue weighted by molar-refractivity contribution is -0.131. The molecule has 0 heterocycles. The van der Waals surface area contributed by atoms with Crippen molar-refractivity contribution in [2.24, 2.45) is 0 Å². The molecule has 0 unspecified atom stereocenters. The first-order valence-electron chi connectivity index (χ1n) is 4.23. The highest BCUT2D eigenvalue weighted by Gasteiger charge is 2.25. The van der Waals surface area contributed by atoms with Gasteiger partial charge in [0, 0.05) is 4.47 Å². The number of carboxylic acid groups (broad SMARTS) is 1. The maximum Gasteiger partial charge on any atom is 0.377 e. The van der Waals surface area contributed by atoms with E-state index in [0.717, 1.165) is 0 Å². The Balaban J connectivity index is 3.53. The maximum absolute atomic E-state index is 11.4. The third-order valence-corrected chi connectivity index (χ3v) is 2.93. The first-order valence-corrected chi connectivity index (χ1v) is 5.03. The Morgan fingerprint density at radius 3 is 2.44 bits per heavy atom. The van der Waals surface area contributed by atoms with E-state index in [-0.39, 0.29) is 11.3 Å². The van der Waals surface area contributed by atoms with E-state index in [4.69, 9.17) is 9.84 Å². The number of phenolic OH excluding ortho intramolecular Hbond substituents is 1. The number of hydrogen-bond acceptors (Lipinski definition) is 4. The average Bonchev–Trinajstić information content (AvgIpc) is 2.23. The summed E-state index contributed by atoms with van der Waals surface area (Å²) in [5.41, 5.74) is 0.0874. The van der Waals surface area contributed by atoms with Gasteiger partial charge in [0.2, 0.25) is 0 Å². The molecule has 1 aromatic rings. The molecule has 1 aromatic carbocycles. The van der Waals surface area contributed by atoms with E-state index >= 15 is 0 Å². The minimum atomic E-state index is -1.63. The third kappa shape index (κ3) is 2.01. The molecule has 16 heavy (non-hydrogen) atoms. The molecule has 2 N–H and O–H groups in total. The van der Waals surface area contributed by atoms with Gasteiger partial charge in [-0.05, 0) is 18.6 Å². The normalized spacial score (nSPS) is 9.94. The van der Waals surface area contributed by atoms with Crippen LogP contribution in [0.25, 0.3) is 0 Å². The Bertz CT molecular complexity index is 467. The van der Waals surface area contributed by atoms with Crippen LogP contribution in [-0.2, 0) is 4.79 Å². The molecule has 0 aliphatic heterocycles. The van der Waals surface area contributed by atoms with Gasteiger partial charge in [0.05, 0.1) is 12.7 Å². The van der Waals surface area contributed by atoms with E-state index in [1.165, 1.54) is 20.1 Å². The molecule has 0 aliphatic carbocycles. The number of carbonyl (C=O) groups is 2. The number of aliphatic carboxylic acids is 1. The second kappa shape index (κ2) is 4.52. The Morgan fingerprint density at radius 2 is 2.00 bits per heavy atom. The van der Waals surface area contributed by atoms with Crippen molar-refractivity contribution in [2.45, 2.75) is 6.92 Å². The number of methoxy groups -OCH3 is 1. The van der Waals surface area contributed by atoms with Crippen LogP contribution >= 0.6 is 15.9 Å². The Hall–Kier alpha value is -1.56. The highest BCUT2D eigenvalue weighted by atomic mass is 79.9. The molecule has 0 spiro atoms. The summed E-state index contributed by atoms with van der Waals surface area (Å²) in [6, 6.07) is 1.46. The molecule has 0 bridgehead atoms. The van der Waals surface area contributed by atoms with E-state index in [2.05, 4.69) is 15.9 Å². The fourth-order valence-electron chi connectivity index (χ4n) is 1.25. The van der Waals surface area contributed by atoms with Crippen molar-refractivity contribution < 1.29 is 24.5 Å². The number of benzene rings is 1. The van der Waals surface area contributed by atoms with Gasteiger partial charge in [0.15, 0.2) is 11.5 Å². The molecule has 86 valence electrons. The molecule has 0 saturated heterocycles. The van der Waals surface area contributed by atoms with Crippen LogP contribution in [0.3, 0.4) is 0 Å². The number of aromatic hydroxyl groups is 1. The molecule has 0 radical (unpaired) electrons. The minimum Gasteiger partial charge on any atom is -0.504 e. The number of carbonyl (C=O) groups excluding carboxylic acids is 1. The van der Waals surface area contributed by atoms with Crippen LogP contribution in [0.5, 0.6) is 11.5 Å². The Kier molecular flexibility index (Phi) is 3.54. The monoisotopic (exact) mass is 288 g/mol. The van der Waals surface area contributed by atoms with Crippen LogP contribution in [0, 0.1) is 6.92 Å². The number of halogens is 1. The zero-order chi connectivity index (χ0) is 12.5. The second-order valence-electron chi connectivity index (χ2n) is 3.04. The number of hydrogen-bond donors (Lipinski definition) is 2. The highest BCUT2D eigenvalue weighted by molar-refractivity contribution is 9.10. The first kappa shape index (κ1) is 12.5. The van der Waals surface area contributed by atoms with Gasteiger partial charge in [0.1, 0.15) is 0 Å². The molecule has 0 fully saturated rings. The van der Waals surface area contributed by atoms with Gasteiger partial charge in [-0.3, -0.25) is 4.79 Å². The number of ether oxygens (including phenoxy) is 1.